The van der Waals surface area contributed by atoms with Crippen LogP contribution in [0.15, 0.2) is 24.3 Å². The van der Waals surface area contributed by atoms with Crippen LogP contribution in [0.2, 0.25) is 0 Å². The number of aryl methyl sites for hydroxylation is 1. The standard InChI is InChI=1S/C18H26N2O.ClH/c1-13-12-15(9-11-19-13)20-17(21)18(2)10-5-7-14-6-3-4-8-16(14)18;/h3-4,6,8,13,15,19H,5,7,9-12H2,1-2H3,(H,20,21);1H. The van der Waals surface area contributed by atoms with E-state index in [-0.39, 0.29) is 23.7 Å². The highest BCUT2D eigenvalue weighted by Gasteiger charge is 2.39. The highest BCUT2D eigenvalue weighted by atomic mass is 35.5. The van der Waals surface area contributed by atoms with Crippen LogP contribution in [0.25, 0.3) is 0 Å². The van der Waals surface area contributed by atoms with Crippen LogP contribution in [0.5, 0.6) is 0 Å². The molecule has 2 N–H and O–H groups in total. The number of nitrogens with one attached hydrogen (secondary N) is 2. The maximum Gasteiger partial charge on any atom is 0.230 e. The molecule has 1 saturated heterocycles. The van der Waals surface area contributed by atoms with Crippen LogP contribution < -0.4 is 10.6 Å². The second-order valence-electron chi connectivity index (χ2n) is 6.89. The lowest BCUT2D eigenvalue weighted by Crippen LogP contribution is -2.52. The average Bonchev–Trinajstić information content (AvgIpc) is 2.48. The first kappa shape index (κ1) is 17.3. The molecule has 1 aromatic rings. The lowest BCUT2D eigenvalue weighted by Gasteiger charge is -2.37. The van der Waals surface area contributed by atoms with Crippen molar-refractivity contribution in [2.24, 2.45) is 0 Å². The van der Waals surface area contributed by atoms with E-state index in [0.29, 0.717) is 12.1 Å². The molecule has 4 heteroatoms. The van der Waals surface area contributed by atoms with E-state index in [0.717, 1.165) is 38.6 Å². The Morgan fingerprint density at radius 1 is 1.36 bits per heavy atom. The quantitative estimate of drug-likeness (QED) is 0.879. The van der Waals surface area contributed by atoms with Gasteiger partial charge in [0, 0.05) is 12.1 Å². The van der Waals surface area contributed by atoms with E-state index >= 15 is 0 Å². The Hall–Kier alpha value is -1.06. The summed E-state index contributed by atoms with van der Waals surface area (Å²) in [4.78, 5) is 12.9. The monoisotopic (exact) mass is 322 g/mol. The summed E-state index contributed by atoms with van der Waals surface area (Å²) in [6.45, 7) is 5.31. The topological polar surface area (TPSA) is 41.1 Å². The van der Waals surface area contributed by atoms with Crippen molar-refractivity contribution in [2.45, 2.75) is 63.5 Å². The van der Waals surface area contributed by atoms with Crippen LogP contribution in [0, 0.1) is 0 Å². The van der Waals surface area contributed by atoms with Crippen LogP contribution in [0.4, 0.5) is 0 Å². The van der Waals surface area contributed by atoms with Gasteiger partial charge < -0.3 is 10.6 Å². The zero-order valence-electron chi connectivity index (χ0n) is 13.5. The van der Waals surface area contributed by atoms with Gasteiger partial charge in [-0.2, -0.15) is 0 Å². The highest BCUT2D eigenvalue weighted by Crippen LogP contribution is 2.37. The first-order valence-corrected chi connectivity index (χ1v) is 8.22. The summed E-state index contributed by atoms with van der Waals surface area (Å²) in [5, 5.41) is 6.76. The van der Waals surface area contributed by atoms with Crippen molar-refractivity contribution in [3.05, 3.63) is 35.4 Å². The molecule has 1 aliphatic heterocycles. The molecule has 2 aliphatic rings. The predicted octanol–water partition coefficient (Wildman–Crippen LogP) is 2.96. The minimum atomic E-state index is -0.358. The molecule has 1 aliphatic carbocycles. The first-order valence-electron chi connectivity index (χ1n) is 8.22. The number of rotatable bonds is 2. The third kappa shape index (κ3) is 3.31. The number of benzene rings is 1. The molecule has 22 heavy (non-hydrogen) atoms. The highest BCUT2D eigenvalue weighted by molar-refractivity contribution is 5.88. The summed E-state index contributed by atoms with van der Waals surface area (Å²) in [6, 6.07) is 9.26. The van der Waals surface area contributed by atoms with Gasteiger partial charge in [-0.05, 0) is 63.6 Å². The molecule has 1 amide bonds. The first-order chi connectivity index (χ1) is 10.1. The van der Waals surface area contributed by atoms with Gasteiger partial charge in [-0.3, -0.25) is 4.79 Å². The van der Waals surface area contributed by atoms with Crippen molar-refractivity contribution < 1.29 is 4.79 Å². The third-order valence-electron chi connectivity index (χ3n) is 5.19. The number of hydrogen-bond acceptors (Lipinski definition) is 2. The third-order valence-corrected chi connectivity index (χ3v) is 5.19. The molecule has 3 nitrogen and oxygen atoms in total. The molecule has 3 unspecified atom stereocenters. The summed E-state index contributed by atoms with van der Waals surface area (Å²) in [7, 11) is 0. The number of halogens is 1. The fourth-order valence-corrected chi connectivity index (χ4v) is 3.89. The molecule has 1 heterocycles. The zero-order chi connectivity index (χ0) is 14.9. The van der Waals surface area contributed by atoms with Gasteiger partial charge in [-0.25, -0.2) is 0 Å². The number of carbonyl (C=O) groups excluding carboxylic acids is 1. The minimum Gasteiger partial charge on any atom is -0.352 e. The lowest BCUT2D eigenvalue weighted by atomic mass is 9.70. The van der Waals surface area contributed by atoms with E-state index in [1.165, 1.54) is 11.1 Å². The molecule has 1 fully saturated rings. The molecule has 1 aromatic carbocycles. The fraction of sp³-hybridized carbons (Fsp3) is 0.611. The Morgan fingerprint density at radius 2 is 2.14 bits per heavy atom. The summed E-state index contributed by atoms with van der Waals surface area (Å²) >= 11 is 0. The molecule has 0 radical (unpaired) electrons. The van der Waals surface area contributed by atoms with E-state index in [2.05, 4.69) is 48.7 Å². The number of hydrogen-bond donors (Lipinski definition) is 2. The van der Waals surface area contributed by atoms with E-state index in [9.17, 15) is 4.79 Å². The van der Waals surface area contributed by atoms with Gasteiger partial charge in [0.15, 0.2) is 0 Å². The van der Waals surface area contributed by atoms with Crippen LogP contribution in [0.3, 0.4) is 0 Å². The summed E-state index contributed by atoms with van der Waals surface area (Å²) in [5.41, 5.74) is 2.22. The Morgan fingerprint density at radius 3 is 2.91 bits per heavy atom. The largest absolute Gasteiger partial charge is 0.352 e. The van der Waals surface area contributed by atoms with Gasteiger partial charge in [0.25, 0.3) is 0 Å². The second-order valence-corrected chi connectivity index (χ2v) is 6.89. The summed E-state index contributed by atoms with van der Waals surface area (Å²) in [5.74, 6) is 0.216. The molecule has 3 rings (SSSR count). The van der Waals surface area contributed by atoms with Gasteiger partial charge in [0.1, 0.15) is 0 Å². The SMILES string of the molecule is CC1CC(NC(=O)C2(C)CCCc3ccccc32)CCN1.Cl. The molecule has 3 atom stereocenters. The molecule has 0 saturated carbocycles. The summed E-state index contributed by atoms with van der Waals surface area (Å²) < 4.78 is 0. The van der Waals surface area contributed by atoms with Crippen molar-refractivity contribution in [2.75, 3.05) is 6.54 Å². The van der Waals surface area contributed by atoms with Crippen LogP contribution >= 0.6 is 12.4 Å². The maximum absolute atomic E-state index is 12.9. The predicted molar refractivity (Wildman–Crippen MR) is 92.6 cm³/mol. The Balaban J connectivity index is 0.00000176. The Bertz CT molecular complexity index is 534. The fourth-order valence-electron chi connectivity index (χ4n) is 3.89. The molecular formula is C18H27ClN2O. The van der Waals surface area contributed by atoms with Crippen molar-refractivity contribution in [1.29, 1.82) is 0 Å². The normalized spacial score (nSPS) is 30.8. The average molecular weight is 323 g/mol. The minimum absolute atomic E-state index is 0. The van der Waals surface area contributed by atoms with Crippen LogP contribution in [-0.4, -0.2) is 24.5 Å². The van der Waals surface area contributed by atoms with Crippen molar-refractivity contribution in [1.82, 2.24) is 10.6 Å². The van der Waals surface area contributed by atoms with Gasteiger partial charge in [-0.15, -0.1) is 12.4 Å². The number of carbonyl (C=O) groups is 1. The zero-order valence-corrected chi connectivity index (χ0v) is 14.3. The maximum atomic E-state index is 12.9. The molecular weight excluding hydrogens is 296 g/mol. The van der Waals surface area contributed by atoms with E-state index in [1.807, 2.05) is 0 Å². The molecule has 122 valence electrons. The summed E-state index contributed by atoms with van der Waals surface area (Å²) in [6.07, 6.45) is 5.22. The number of amides is 1. The van der Waals surface area contributed by atoms with E-state index in [4.69, 9.17) is 0 Å². The van der Waals surface area contributed by atoms with E-state index in [1.54, 1.807) is 0 Å². The van der Waals surface area contributed by atoms with Gasteiger partial charge >= 0.3 is 0 Å². The van der Waals surface area contributed by atoms with Gasteiger partial charge in [0.05, 0.1) is 5.41 Å². The molecule has 0 spiro atoms. The lowest BCUT2D eigenvalue weighted by molar-refractivity contribution is -0.127. The van der Waals surface area contributed by atoms with Gasteiger partial charge in [0.2, 0.25) is 5.91 Å². The Kier molecular flexibility index (Phi) is 5.51. The van der Waals surface area contributed by atoms with Crippen LogP contribution in [0.1, 0.15) is 50.7 Å². The number of fused-ring (bicyclic) bond motifs is 1. The van der Waals surface area contributed by atoms with E-state index < -0.39 is 0 Å². The second kappa shape index (κ2) is 7.01. The van der Waals surface area contributed by atoms with Crippen molar-refractivity contribution in [3.8, 4) is 0 Å². The van der Waals surface area contributed by atoms with Crippen LogP contribution in [-0.2, 0) is 16.6 Å². The smallest absolute Gasteiger partial charge is 0.230 e. The molecule has 0 bridgehead atoms. The number of piperidine rings is 1. The van der Waals surface area contributed by atoms with Crippen molar-refractivity contribution >= 4 is 18.3 Å². The van der Waals surface area contributed by atoms with Crippen molar-refractivity contribution in [3.63, 3.8) is 0 Å². The Labute approximate surface area is 139 Å². The molecule has 0 aromatic heterocycles. The van der Waals surface area contributed by atoms with Gasteiger partial charge in [-0.1, -0.05) is 24.3 Å².